The van der Waals surface area contributed by atoms with E-state index in [1.807, 2.05) is 11.8 Å². The molecule has 1 saturated heterocycles. The number of hydrogen-bond acceptors (Lipinski definition) is 3. The summed E-state index contributed by atoms with van der Waals surface area (Å²) in [6, 6.07) is 6.49. The molecule has 1 aromatic rings. The second-order valence-corrected chi connectivity index (χ2v) is 8.07. The van der Waals surface area contributed by atoms with Crippen molar-refractivity contribution in [2.45, 2.75) is 65.6 Å². The minimum absolute atomic E-state index is 0. The minimum Gasteiger partial charge on any atom is -0.488 e. The molecule has 1 amide bonds. The number of ether oxygens (including phenoxy) is 1. The molecule has 0 saturated carbocycles. The second kappa shape index (κ2) is 10.9. The average Bonchev–Trinajstić information content (AvgIpc) is 3.06. The Labute approximate surface area is 186 Å². The van der Waals surface area contributed by atoms with Gasteiger partial charge in [0.05, 0.1) is 0 Å². The number of benzene rings is 1. The molecule has 0 spiro atoms. The summed E-state index contributed by atoms with van der Waals surface area (Å²) in [6.07, 6.45) is 1.50. The zero-order chi connectivity index (χ0) is 20.0. The molecule has 1 aliphatic rings. The van der Waals surface area contributed by atoms with Gasteiger partial charge < -0.3 is 20.3 Å². The van der Waals surface area contributed by atoms with E-state index in [0.29, 0.717) is 13.0 Å². The van der Waals surface area contributed by atoms with Gasteiger partial charge in [-0.25, -0.2) is 0 Å². The molecule has 28 heavy (non-hydrogen) atoms. The fourth-order valence-electron chi connectivity index (χ4n) is 3.13. The molecule has 1 aliphatic heterocycles. The number of aryl methyl sites for hydroxylation is 1. The third-order valence-electron chi connectivity index (χ3n) is 4.49. The summed E-state index contributed by atoms with van der Waals surface area (Å²) in [5.74, 6) is 1.85. The first-order chi connectivity index (χ1) is 12.7. The van der Waals surface area contributed by atoms with Gasteiger partial charge in [0.1, 0.15) is 11.4 Å². The van der Waals surface area contributed by atoms with Crippen LogP contribution in [0, 0.1) is 6.92 Å². The van der Waals surface area contributed by atoms with Crippen LogP contribution in [0.5, 0.6) is 5.75 Å². The van der Waals surface area contributed by atoms with Crippen LogP contribution in [0.25, 0.3) is 0 Å². The van der Waals surface area contributed by atoms with Crippen LogP contribution < -0.4 is 15.4 Å². The number of carbonyl (C=O) groups is 1. The Bertz CT molecular complexity index is 685. The highest BCUT2D eigenvalue weighted by atomic mass is 127. The molecule has 1 heterocycles. The van der Waals surface area contributed by atoms with Crippen molar-refractivity contribution in [1.82, 2.24) is 15.5 Å². The van der Waals surface area contributed by atoms with Crippen molar-refractivity contribution in [1.29, 1.82) is 0 Å². The summed E-state index contributed by atoms with van der Waals surface area (Å²) >= 11 is 0. The molecule has 0 aromatic heterocycles. The zero-order valence-corrected chi connectivity index (χ0v) is 20.3. The van der Waals surface area contributed by atoms with Crippen LogP contribution >= 0.6 is 24.0 Å². The van der Waals surface area contributed by atoms with Crippen molar-refractivity contribution < 1.29 is 9.53 Å². The van der Waals surface area contributed by atoms with Gasteiger partial charge in [0.25, 0.3) is 0 Å². The lowest BCUT2D eigenvalue weighted by atomic mass is 10.1. The van der Waals surface area contributed by atoms with Crippen molar-refractivity contribution in [3.63, 3.8) is 0 Å². The number of nitrogens with one attached hydrogen (secondary N) is 2. The number of aliphatic imine (C=N–C) groups is 1. The fraction of sp³-hybridized carbons (Fsp3) is 0.619. The summed E-state index contributed by atoms with van der Waals surface area (Å²) in [7, 11) is 1.76. The fourth-order valence-corrected chi connectivity index (χ4v) is 3.13. The van der Waals surface area contributed by atoms with Gasteiger partial charge in [-0.15, -0.1) is 24.0 Å². The summed E-state index contributed by atoms with van der Waals surface area (Å²) in [5.41, 5.74) is 2.02. The first kappa shape index (κ1) is 24.5. The highest BCUT2D eigenvalue weighted by molar-refractivity contribution is 14.0. The van der Waals surface area contributed by atoms with Gasteiger partial charge in [-0.3, -0.25) is 9.79 Å². The molecule has 2 N–H and O–H groups in total. The summed E-state index contributed by atoms with van der Waals surface area (Å²) < 4.78 is 6.12. The topological polar surface area (TPSA) is 66.0 Å². The van der Waals surface area contributed by atoms with Crippen molar-refractivity contribution in [2.24, 2.45) is 4.99 Å². The molecule has 6 nitrogen and oxygen atoms in total. The van der Waals surface area contributed by atoms with E-state index in [2.05, 4.69) is 61.5 Å². The molecule has 7 heteroatoms. The Morgan fingerprint density at radius 3 is 2.68 bits per heavy atom. The average molecular weight is 502 g/mol. The molecular weight excluding hydrogens is 467 g/mol. The molecule has 1 atom stereocenters. The van der Waals surface area contributed by atoms with Gasteiger partial charge in [-0.05, 0) is 45.7 Å². The van der Waals surface area contributed by atoms with Crippen LogP contribution in [0.1, 0.15) is 51.7 Å². The van der Waals surface area contributed by atoms with Crippen LogP contribution in [0.2, 0.25) is 0 Å². The summed E-state index contributed by atoms with van der Waals surface area (Å²) in [4.78, 5) is 18.1. The van der Waals surface area contributed by atoms with Crippen LogP contribution in [0.15, 0.2) is 23.2 Å². The lowest BCUT2D eigenvalue weighted by Gasteiger charge is -2.24. The normalized spacial score (nSPS) is 17.1. The maximum atomic E-state index is 11.8. The van der Waals surface area contributed by atoms with Gasteiger partial charge in [0.15, 0.2) is 5.96 Å². The van der Waals surface area contributed by atoms with E-state index in [1.54, 1.807) is 7.05 Å². The Balaban J connectivity index is 0.00000392. The van der Waals surface area contributed by atoms with E-state index < -0.39 is 0 Å². The Morgan fingerprint density at radius 1 is 1.36 bits per heavy atom. The van der Waals surface area contributed by atoms with E-state index in [9.17, 15) is 4.79 Å². The highest BCUT2D eigenvalue weighted by Gasteiger charge is 2.25. The molecule has 1 aromatic carbocycles. The molecule has 1 fully saturated rings. The number of carbonyl (C=O) groups excluding carboxylic acids is 1. The maximum absolute atomic E-state index is 11.8. The van der Waals surface area contributed by atoms with Gasteiger partial charge in [0, 0.05) is 44.7 Å². The van der Waals surface area contributed by atoms with E-state index in [4.69, 9.17) is 4.74 Å². The molecule has 0 bridgehead atoms. The number of nitrogens with zero attached hydrogens (tertiary/aromatic N) is 2. The smallest absolute Gasteiger partial charge is 0.222 e. The van der Waals surface area contributed by atoms with Gasteiger partial charge in [-0.1, -0.05) is 19.1 Å². The van der Waals surface area contributed by atoms with Crippen molar-refractivity contribution in [3.8, 4) is 5.75 Å². The van der Waals surface area contributed by atoms with Crippen LogP contribution in [0.4, 0.5) is 0 Å². The Morgan fingerprint density at radius 2 is 2.07 bits per heavy atom. The van der Waals surface area contributed by atoms with Crippen molar-refractivity contribution >= 4 is 35.8 Å². The van der Waals surface area contributed by atoms with Gasteiger partial charge >= 0.3 is 0 Å². The predicted octanol–water partition coefficient (Wildman–Crippen LogP) is 3.47. The first-order valence-electron chi connectivity index (χ1n) is 9.75. The monoisotopic (exact) mass is 502 g/mol. The minimum atomic E-state index is -0.248. The Hall–Kier alpha value is -1.51. The summed E-state index contributed by atoms with van der Waals surface area (Å²) in [6.45, 7) is 12.3. The number of likely N-dealkylation sites (tertiary alicyclic amines) is 1. The second-order valence-electron chi connectivity index (χ2n) is 8.07. The van der Waals surface area contributed by atoms with Crippen LogP contribution in [-0.2, 0) is 11.3 Å². The zero-order valence-electron chi connectivity index (χ0n) is 18.0. The maximum Gasteiger partial charge on any atom is 0.222 e. The predicted molar refractivity (Wildman–Crippen MR) is 126 cm³/mol. The lowest BCUT2D eigenvalue weighted by molar-refractivity contribution is -0.129. The molecule has 1 unspecified atom stereocenters. The Kier molecular flexibility index (Phi) is 9.53. The van der Waals surface area contributed by atoms with E-state index in [-0.39, 0.29) is 41.5 Å². The molecule has 2 rings (SSSR count). The quantitative estimate of drug-likeness (QED) is 0.368. The van der Waals surface area contributed by atoms with Gasteiger partial charge in [0.2, 0.25) is 5.91 Å². The largest absolute Gasteiger partial charge is 0.488 e. The number of halogens is 1. The number of hydrogen-bond donors (Lipinski definition) is 2. The molecular formula is C21H35IN4O2. The third kappa shape index (κ3) is 7.48. The standard InChI is InChI=1S/C21H34N4O2.HI/c1-7-19(26)25-11-10-17(14-25)24-20(22-6)23-13-16-9-8-15(2)12-18(16)27-21(3,4)5;/h8-9,12,17H,7,10-11,13-14H2,1-6H3,(H2,22,23,24);1H. The summed E-state index contributed by atoms with van der Waals surface area (Å²) in [5, 5.41) is 6.80. The number of amides is 1. The molecule has 0 radical (unpaired) electrons. The molecule has 0 aliphatic carbocycles. The van der Waals surface area contributed by atoms with Crippen molar-refractivity contribution in [2.75, 3.05) is 20.1 Å². The van der Waals surface area contributed by atoms with Crippen LogP contribution in [0.3, 0.4) is 0 Å². The van der Waals surface area contributed by atoms with E-state index in [1.165, 1.54) is 5.56 Å². The third-order valence-corrected chi connectivity index (χ3v) is 4.49. The van der Waals surface area contributed by atoms with E-state index >= 15 is 0 Å². The SMILES string of the molecule is CCC(=O)N1CCC(NC(=NC)NCc2ccc(C)cc2OC(C)(C)C)C1.I. The van der Waals surface area contributed by atoms with E-state index in [0.717, 1.165) is 36.8 Å². The van der Waals surface area contributed by atoms with Crippen LogP contribution in [-0.4, -0.2) is 48.5 Å². The highest BCUT2D eigenvalue weighted by Crippen LogP contribution is 2.24. The van der Waals surface area contributed by atoms with Crippen molar-refractivity contribution in [3.05, 3.63) is 29.3 Å². The first-order valence-corrected chi connectivity index (χ1v) is 9.75. The number of guanidine groups is 1. The lowest BCUT2D eigenvalue weighted by Crippen LogP contribution is -2.44. The number of rotatable bonds is 5. The van der Waals surface area contributed by atoms with Gasteiger partial charge in [-0.2, -0.15) is 0 Å². The molecule has 158 valence electrons.